The normalized spacial score (nSPS) is 12.6. The highest BCUT2D eigenvalue weighted by atomic mass is 35.5. The first kappa shape index (κ1) is 13.0. The summed E-state index contributed by atoms with van der Waals surface area (Å²) in [4.78, 5) is 11.2. The van der Waals surface area contributed by atoms with Crippen LogP contribution in [0.1, 0.15) is 37.8 Å². The molecule has 0 saturated heterocycles. The number of nitrogens with one attached hydrogen (secondary N) is 1. The van der Waals surface area contributed by atoms with E-state index in [9.17, 15) is 4.79 Å². The van der Waals surface area contributed by atoms with Gasteiger partial charge in [0.15, 0.2) is 0 Å². The first-order valence-electron chi connectivity index (χ1n) is 5.51. The van der Waals surface area contributed by atoms with Crippen LogP contribution in [0, 0.1) is 0 Å². The number of alkyl halides is 1. The van der Waals surface area contributed by atoms with E-state index in [4.69, 9.17) is 11.6 Å². The standard InChI is InChI=1S/C13H18ClNO/c1-9(2)12-6-4-11(5-7-12)8-15-13(16)10(3)14/h4-7,9-10H,8H2,1-3H3,(H,15,16). The van der Waals surface area contributed by atoms with Crippen molar-refractivity contribution in [3.63, 3.8) is 0 Å². The number of hydrogen-bond acceptors (Lipinski definition) is 1. The van der Waals surface area contributed by atoms with E-state index in [2.05, 4.69) is 31.3 Å². The predicted octanol–water partition coefficient (Wildman–Crippen LogP) is 3.05. The first-order chi connectivity index (χ1) is 7.50. The molecule has 0 heterocycles. The van der Waals surface area contributed by atoms with E-state index in [1.807, 2.05) is 12.1 Å². The molecule has 0 spiro atoms. The van der Waals surface area contributed by atoms with Gasteiger partial charge in [-0.2, -0.15) is 0 Å². The lowest BCUT2D eigenvalue weighted by atomic mass is 10.0. The summed E-state index contributed by atoms with van der Waals surface area (Å²) in [6, 6.07) is 8.26. The summed E-state index contributed by atoms with van der Waals surface area (Å²) in [5.41, 5.74) is 2.40. The number of carbonyl (C=O) groups excluding carboxylic acids is 1. The molecule has 3 heteroatoms. The van der Waals surface area contributed by atoms with Crippen LogP contribution < -0.4 is 5.32 Å². The second kappa shape index (κ2) is 5.90. The molecule has 0 fully saturated rings. The number of halogens is 1. The molecule has 1 rings (SSSR count). The molecule has 0 saturated carbocycles. The maximum absolute atomic E-state index is 11.2. The summed E-state index contributed by atoms with van der Waals surface area (Å²) in [5, 5.41) is 2.30. The van der Waals surface area contributed by atoms with Crippen LogP contribution in [0.4, 0.5) is 0 Å². The topological polar surface area (TPSA) is 29.1 Å². The fraction of sp³-hybridized carbons (Fsp3) is 0.462. The summed E-state index contributed by atoms with van der Waals surface area (Å²) >= 11 is 5.65. The van der Waals surface area contributed by atoms with Crippen LogP contribution in [0.15, 0.2) is 24.3 Å². The Morgan fingerprint density at radius 3 is 2.25 bits per heavy atom. The second-order valence-electron chi connectivity index (χ2n) is 4.23. The lowest BCUT2D eigenvalue weighted by molar-refractivity contribution is -0.120. The van der Waals surface area contributed by atoms with Crippen molar-refractivity contribution in [2.75, 3.05) is 0 Å². The molecule has 1 unspecified atom stereocenters. The number of hydrogen-bond donors (Lipinski definition) is 1. The van der Waals surface area contributed by atoms with E-state index in [1.54, 1.807) is 6.92 Å². The zero-order valence-electron chi connectivity index (χ0n) is 9.96. The molecule has 1 N–H and O–H groups in total. The van der Waals surface area contributed by atoms with Crippen LogP contribution in [-0.4, -0.2) is 11.3 Å². The maximum atomic E-state index is 11.2. The molecule has 16 heavy (non-hydrogen) atoms. The van der Waals surface area contributed by atoms with Crippen molar-refractivity contribution in [1.82, 2.24) is 5.32 Å². The van der Waals surface area contributed by atoms with Gasteiger partial charge >= 0.3 is 0 Å². The number of benzene rings is 1. The summed E-state index contributed by atoms with van der Waals surface area (Å²) in [5.74, 6) is 0.404. The average Bonchev–Trinajstić information content (AvgIpc) is 2.26. The van der Waals surface area contributed by atoms with E-state index < -0.39 is 5.38 Å². The third-order valence-corrected chi connectivity index (χ3v) is 2.67. The summed E-state index contributed by atoms with van der Waals surface area (Å²) in [7, 11) is 0. The average molecular weight is 240 g/mol. The van der Waals surface area contributed by atoms with Crippen molar-refractivity contribution in [3.8, 4) is 0 Å². The Bertz CT molecular complexity index is 343. The fourth-order valence-electron chi connectivity index (χ4n) is 1.35. The molecular formula is C13H18ClNO. The molecule has 0 aliphatic heterocycles. The molecule has 1 aromatic rings. The van der Waals surface area contributed by atoms with E-state index in [1.165, 1.54) is 5.56 Å². The Morgan fingerprint density at radius 2 is 1.81 bits per heavy atom. The Labute approximate surface area is 102 Å². The Hall–Kier alpha value is -1.02. The molecule has 0 aliphatic rings. The minimum atomic E-state index is -0.477. The SMILES string of the molecule is CC(Cl)C(=O)NCc1ccc(C(C)C)cc1. The highest BCUT2D eigenvalue weighted by Gasteiger charge is 2.07. The Morgan fingerprint density at radius 1 is 1.25 bits per heavy atom. The van der Waals surface area contributed by atoms with Gasteiger partial charge in [0, 0.05) is 6.54 Å². The van der Waals surface area contributed by atoms with Gasteiger partial charge in [-0.25, -0.2) is 0 Å². The van der Waals surface area contributed by atoms with Crippen molar-refractivity contribution in [3.05, 3.63) is 35.4 Å². The van der Waals surface area contributed by atoms with Crippen molar-refractivity contribution in [1.29, 1.82) is 0 Å². The zero-order chi connectivity index (χ0) is 12.1. The maximum Gasteiger partial charge on any atom is 0.238 e. The van der Waals surface area contributed by atoms with Crippen molar-refractivity contribution in [2.45, 2.75) is 38.6 Å². The lowest BCUT2D eigenvalue weighted by Crippen LogP contribution is -2.28. The minimum absolute atomic E-state index is 0.130. The van der Waals surface area contributed by atoms with Crippen LogP contribution in [-0.2, 0) is 11.3 Å². The highest BCUT2D eigenvalue weighted by molar-refractivity contribution is 6.30. The van der Waals surface area contributed by atoms with Gasteiger partial charge in [-0.05, 0) is 24.0 Å². The fourth-order valence-corrected chi connectivity index (χ4v) is 1.43. The van der Waals surface area contributed by atoms with Crippen LogP contribution in [0.5, 0.6) is 0 Å². The molecular weight excluding hydrogens is 222 g/mol. The van der Waals surface area contributed by atoms with Crippen LogP contribution in [0.2, 0.25) is 0 Å². The quantitative estimate of drug-likeness (QED) is 0.804. The van der Waals surface area contributed by atoms with Gasteiger partial charge in [-0.1, -0.05) is 38.1 Å². The highest BCUT2D eigenvalue weighted by Crippen LogP contribution is 2.14. The monoisotopic (exact) mass is 239 g/mol. The molecule has 2 nitrogen and oxygen atoms in total. The third kappa shape index (κ3) is 3.86. The summed E-state index contributed by atoms with van der Waals surface area (Å²) in [6.07, 6.45) is 0. The molecule has 88 valence electrons. The van der Waals surface area contributed by atoms with Gasteiger partial charge in [0.05, 0.1) is 0 Å². The van der Waals surface area contributed by atoms with Gasteiger partial charge in [0.1, 0.15) is 5.38 Å². The number of rotatable bonds is 4. The molecule has 1 aromatic carbocycles. The van der Waals surface area contributed by atoms with E-state index in [0.717, 1.165) is 5.56 Å². The lowest BCUT2D eigenvalue weighted by Gasteiger charge is -2.08. The third-order valence-electron chi connectivity index (χ3n) is 2.47. The van der Waals surface area contributed by atoms with Gasteiger partial charge in [0.25, 0.3) is 0 Å². The number of amides is 1. The van der Waals surface area contributed by atoms with E-state index in [-0.39, 0.29) is 5.91 Å². The number of carbonyl (C=O) groups is 1. The van der Waals surface area contributed by atoms with Gasteiger partial charge in [-0.15, -0.1) is 11.6 Å². The van der Waals surface area contributed by atoms with Gasteiger partial charge in [0.2, 0.25) is 5.91 Å². The van der Waals surface area contributed by atoms with Gasteiger partial charge < -0.3 is 5.32 Å². The van der Waals surface area contributed by atoms with Crippen LogP contribution >= 0.6 is 11.6 Å². The van der Waals surface area contributed by atoms with E-state index >= 15 is 0 Å². The summed E-state index contributed by atoms with van der Waals surface area (Å²) < 4.78 is 0. The van der Waals surface area contributed by atoms with Crippen molar-refractivity contribution < 1.29 is 4.79 Å². The molecule has 1 amide bonds. The van der Waals surface area contributed by atoms with E-state index in [0.29, 0.717) is 12.5 Å². The predicted molar refractivity (Wildman–Crippen MR) is 67.7 cm³/mol. The Balaban J connectivity index is 2.53. The van der Waals surface area contributed by atoms with Crippen LogP contribution in [0.25, 0.3) is 0 Å². The largest absolute Gasteiger partial charge is 0.351 e. The van der Waals surface area contributed by atoms with Crippen molar-refractivity contribution in [2.24, 2.45) is 0 Å². The smallest absolute Gasteiger partial charge is 0.238 e. The first-order valence-corrected chi connectivity index (χ1v) is 5.95. The molecule has 0 aromatic heterocycles. The summed E-state index contributed by atoms with van der Waals surface area (Å²) in [6.45, 7) is 6.52. The molecule has 0 radical (unpaired) electrons. The van der Waals surface area contributed by atoms with Gasteiger partial charge in [-0.3, -0.25) is 4.79 Å². The molecule has 0 bridgehead atoms. The Kier molecular flexibility index (Phi) is 4.81. The van der Waals surface area contributed by atoms with Crippen molar-refractivity contribution >= 4 is 17.5 Å². The molecule has 0 aliphatic carbocycles. The van der Waals surface area contributed by atoms with Crippen LogP contribution in [0.3, 0.4) is 0 Å². The minimum Gasteiger partial charge on any atom is -0.351 e. The second-order valence-corrected chi connectivity index (χ2v) is 4.88. The zero-order valence-corrected chi connectivity index (χ0v) is 10.7. The molecule has 1 atom stereocenters.